The summed E-state index contributed by atoms with van der Waals surface area (Å²) in [4.78, 5) is 36.8. The normalized spacial score (nSPS) is 25.7. The van der Waals surface area contributed by atoms with Gasteiger partial charge in [0.15, 0.2) is 0 Å². The van der Waals surface area contributed by atoms with E-state index in [0.717, 1.165) is 50.8 Å². The van der Waals surface area contributed by atoms with E-state index < -0.39 is 0 Å². The summed E-state index contributed by atoms with van der Waals surface area (Å²) >= 11 is 6.94. The van der Waals surface area contributed by atoms with Crippen molar-refractivity contribution in [3.8, 4) is 0 Å². The van der Waals surface area contributed by atoms with Crippen LogP contribution in [0, 0.1) is 18.8 Å². The van der Waals surface area contributed by atoms with Crippen LogP contribution in [0.4, 0.5) is 5.82 Å². The molecule has 3 fully saturated rings. The predicted molar refractivity (Wildman–Crippen MR) is 143 cm³/mol. The Hall–Kier alpha value is -2.19. The molecular formula is C26H32N4O2S2. The quantitative estimate of drug-likeness (QED) is 0.439. The largest absolute Gasteiger partial charge is 0.355 e. The molecule has 34 heavy (non-hydrogen) atoms. The molecule has 2 atom stereocenters. The first-order valence-corrected chi connectivity index (χ1v) is 13.6. The number of piperidine rings is 1. The number of fused-ring (bicyclic) bond motifs is 1. The highest BCUT2D eigenvalue weighted by Crippen LogP contribution is 2.38. The minimum atomic E-state index is -0.141. The molecule has 4 heterocycles. The van der Waals surface area contributed by atoms with E-state index in [2.05, 4.69) is 18.7 Å². The van der Waals surface area contributed by atoms with Crippen LogP contribution in [-0.2, 0) is 4.79 Å². The Bertz CT molecular complexity index is 1220. The van der Waals surface area contributed by atoms with Gasteiger partial charge in [-0.25, -0.2) is 4.98 Å². The molecule has 2 saturated heterocycles. The Morgan fingerprint density at radius 1 is 1.12 bits per heavy atom. The summed E-state index contributed by atoms with van der Waals surface area (Å²) < 4.78 is 2.21. The Kier molecular flexibility index (Phi) is 6.55. The van der Waals surface area contributed by atoms with Crippen molar-refractivity contribution in [3.63, 3.8) is 0 Å². The first-order valence-electron chi connectivity index (χ1n) is 12.4. The van der Waals surface area contributed by atoms with Crippen LogP contribution in [0.5, 0.6) is 0 Å². The van der Waals surface area contributed by atoms with Gasteiger partial charge >= 0.3 is 0 Å². The first-order chi connectivity index (χ1) is 16.3. The summed E-state index contributed by atoms with van der Waals surface area (Å²) in [6, 6.07) is 4.01. The number of thiocarbonyl (C=S) groups is 1. The highest BCUT2D eigenvalue weighted by molar-refractivity contribution is 8.26. The highest BCUT2D eigenvalue weighted by atomic mass is 32.2. The zero-order chi connectivity index (χ0) is 24.0. The second-order valence-corrected chi connectivity index (χ2v) is 11.9. The van der Waals surface area contributed by atoms with Crippen LogP contribution in [-0.4, -0.2) is 43.6 Å². The van der Waals surface area contributed by atoms with Crippen molar-refractivity contribution >= 4 is 51.7 Å². The lowest BCUT2D eigenvalue weighted by molar-refractivity contribution is -0.124. The fraction of sp³-hybridized carbons (Fsp3) is 0.538. The number of hydrogen-bond acceptors (Lipinski definition) is 6. The lowest BCUT2D eigenvalue weighted by atomic mass is 9.91. The highest BCUT2D eigenvalue weighted by Gasteiger charge is 2.38. The SMILES string of the molecule is Cc1cccn2c(=O)c(/C=C3/SC(=S)N(C4CCCCC4)C3=O)c(N3CC(C)CC(C)C3)nc12. The van der Waals surface area contributed by atoms with Gasteiger partial charge in [-0.2, -0.15) is 0 Å². The molecule has 180 valence electrons. The van der Waals surface area contributed by atoms with Gasteiger partial charge in [-0.3, -0.25) is 18.9 Å². The summed E-state index contributed by atoms with van der Waals surface area (Å²) in [5, 5.41) is 0. The number of thioether (sulfide) groups is 1. The molecule has 5 rings (SSSR count). The second kappa shape index (κ2) is 9.46. The number of pyridine rings is 1. The lowest BCUT2D eigenvalue weighted by Crippen LogP contribution is -2.41. The zero-order valence-electron chi connectivity index (χ0n) is 20.1. The molecule has 3 aliphatic rings. The van der Waals surface area contributed by atoms with E-state index in [9.17, 15) is 9.59 Å². The van der Waals surface area contributed by atoms with E-state index in [1.165, 1.54) is 18.2 Å². The molecule has 0 radical (unpaired) electrons. The average molecular weight is 497 g/mol. The summed E-state index contributed by atoms with van der Waals surface area (Å²) in [6.45, 7) is 8.17. The molecule has 1 amide bonds. The summed E-state index contributed by atoms with van der Waals surface area (Å²) in [6.07, 6.45) is 10.1. The standard InChI is InChI=1S/C26H32N4O2S2/c1-16-12-17(2)15-28(14-16)23-20(24(31)29-11-7-8-18(3)22(29)27-23)13-21-25(32)30(26(33)34-21)19-9-5-4-6-10-19/h7-8,11,13,16-17,19H,4-6,9-10,12,14-15H2,1-3H3/b21-13+. The van der Waals surface area contributed by atoms with Crippen LogP contribution in [0.3, 0.4) is 0 Å². The number of amides is 1. The molecule has 0 N–H and O–H groups in total. The van der Waals surface area contributed by atoms with Crippen LogP contribution >= 0.6 is 24.0 Å². The Balaban J connectivity index is 1.62. The van der Waals surface area contributed by atoms with Gasteiger partial charge in [0.25, 0.3) is 11.5 Å². The van der Waals surface area contributed by atoms with Gasteiger partial charge in [0, 0.05) is 25.3 Å². The van der Waals surface area contributed by atoms with Gasteiger partial charge in [-0.05, 0) is 55.7 Å². The third-order valence-electron chi connectivity index (χ3n) is 7.27. The average Bonchev–Trinajstić information content (AvgIpc) is 3.08. The van der Waals surface area contributed by atoms with Crippen molar-refractivity contribution in [2.45, 2.75) is 65.3 Å². The maximum atomic E-state index is 13.8. The number of nitrogens with zero attached hydrogens (tertiary/aromatic N) is 4. The minimum Gasteiger partial charge on any atom is -0.355 e. The number of anilines is 1. The maximum Gasteiger partial charge on any atom is 0.267 e. The molecule has 1 aliphatic carbocycles. The van der Waals surface area contributed by atoms with E-state index in [1.807, 2.05) is 19.1 Å². The molecule has 8 heteroatoms. The summed E-state index contributed by atoms with van der Waals surface area (Å²) in [7, 11) is 0. The second-order valence-electron chi connectivity index (χ2n) is 10.2. The fourth-order valence-electron chi connectivity index (χ4n) is 5.77. The number of hydrogen-bond donors (Lipinski definition) is 0. The number of rotatable bonds is 3. The Labute approximate surface area is 210 Å². The van der Waals surface area contributed by atoms with Crippen LogP contribution in [0.25, 0.3) is 11.7 Å². The predicted octanol–water partition coefficient (Wildman–Crippen LogP) is 5.02. The number of carbonyl (C=O) groups is 1. The van der Waals surface area contributed by atoms with Gasteiger partial charge in [0.1, 0.15) is 15.8 Å². The molecule has 0 bridgehead atoms. The number of aryl methyl sites for hydroxylation is 1. The van der Waals surface area contributed by atoms with Crippen molar-refractivity contribution in [2.75, 3.05) is 18.0 Å². The lowest BCUT2D eigenvalue weighted by Gasteiger charge is -2.36. The van der Waals surface area contributed by atoms with Crippen molar-refractivity contribution in [1.29, 1.82) is 0 Å². The molecule has 0 aromatic carbocycles. The number of carbonyl (C=O) groups excluding carboxylic acids is 1. The van der Waals surface area contributed by atoms with Crippen molar-refractivity contribution in [2.24, 2.45) is 11.8 Å². The van der Waals surface area contributed by atoms with Crippen LogP contribution < -0.4 is 10.5 Å². The van der Waals surface area contributed by atoms with Crippen molar-refractivity contribution in [1.82, 2.24) is 14.3 Å². The van der Waals surface area contributed by atoms with Crippen LogP contribution in [0.2, 0.25) is 0 Å². The third-order valence-corrected chi connectivity index (χ3v) is 8.60. The smallest absolute Gasteiger partial charge is 0.267 e. The molecule has 2 aliphatic heterocycles. The summed E-state index contributed by atoms with van der Waals surface area (Å²) in [5.74, 6) is 1.64. The fourth-order valence-corrected chi connectivity index (χ4v) is 7.15. The van der Waals surface area contributed by atoms with Crippen LogP contribution in [0.1, 0.15) is 63.5 Å². The van der Waals surface area contributed by atoms with E-state index in [0.29, 0.717) is 38.1 Å². The van der Waals surface area contributed by atoms with Gasteiger partial charge in [0.05, 0.1) is 10.5 Å². The Morgan fingerprint density at radius 3 is 2.53 bits per heavy atom. The topological polar surface area (TPSA) is 57.9 Å². The molecule has 2 aromatic rings. The van der Waals surface area contributed by atoms with Gasteiger partial charge in [-0.1, -0.05) is 63.2 Å². The Morgan fingerprint density at radius 2 is 1.82 bits per heavy atom. The van der Waals surface area contributed by atoms with Crippen LogP contribution in [0.15, 0.2) is 28.0 Å². The van der Waals surface area contributed by atoms with E-state index >= 15 is 0 Å². The molecule has 6 nitrogen and oxygen atoms in total. The van der Waals surface area contributed by atoms with Crippen molar-refractivity contribution < 1.29 is 4.79 Å². The third kappa shape index (κ3) is 4.31. The zero-order valence-corrected chi connectivity index (χ0v) is 21.8. The van der Waals surface area contributed by atoms with E-state index in [1.54, 1.807) is 21.6 Å². The molecular weight excluding hydrogens is 464 g/mol. The molecule has 0 spiro atoms. The van der Waals surface area contributed by atoms with Crippen molar-refractivity contribution in [3.05, 3.63) is 44.7 Å². The maximum absolute atomic E-state index is 13.8. The first kappa shape index (κ1) is 23.5. The molecule has 2 aromatic heterocycles. The molecule has 2 unspecified atom stereocenters. The van der Waals surface area contributed by atoms with E-state index in [4.69, 9.17) is 17.2 Å². The van der Waals surface area contributed by atoms with E-state index in [-0.39, 0.29) is 17.5 Å². The van der Waals surface area contributed by atoms with Gasteiger partial charge in [0.2, 0.25) is 0 Å². The number of aromatic nitrogens is 2. The minimum absolute atomic E-state index is 0.0676. The van der Waals surface area contributed by atoms with Gasteiger partial charge < -0.3 is 4.90 Å². The summed E-state index contributed by atoms with van der Waals surface area (Å²) in [5.41, 5.74) is 1.96. The van der Waals surface area contributed by atoms with Gasteiger partial charge in [-0.15, -0.1) is 0 Å². The molecule has 1 saturated carbocycles. The monoisotopic (exact) mass is 496 g/mol.